The number of piperidine rings is 1. The van der Waals surface area contributed by atoms with E-state index < -0.39 is 0 Å². The minimum Gasteiger partial charge on any atom is -0.355 e. The largest absolute Gasteiger partial charge is 0.355 e. The Morgan fingerprint density at radius 1 is 1.20 bits per heavy atom. The van der Waals surface area contributed by atoms with Gasteiger partial charge in [0.15, 0.2) is 5.82 Å². The first-order chi connectivity index (χ1) is 14.2. The van der Waals surface area contributed by atoms with Crippen molar-refractivity contribution in [3.63, 3.8) is 0 Å². The number of benzene rings is 1. The molecule has 0 unspecified atom stereocenters. The number of thioether (sulfide) groups is 1. The molecule has 1 aliphatic heterocycles. The van der Waals surface area contributed by atoms with E-state index in [1.807, 2.05) is 35.6 Å². The van der Waals surface area contributed by atoms with Gasteiger partial charge in [0, 0.05) is 30.1 Å². The van der Waals surface area contributed by atoms with Gasteiger partial charge in [0.05, 0.1) is 5.69 Å². The van der Waals surface area contributed by atoms with Gasteiger partial charge in [-0.3, -0.25) is 0 Å². The molecule has 7 heteroatoms. The third-order valence-corrected chi connectivity index (χ3v) is 7.79. The molecule has 3 heterocycles. The first-order valence-electron chi connectivity index (χ1n) is 10.5. The van der Waals surface area contributed by atoms with Gasteiger partial charge in [0.2, 0.25) is 5.13 Å². The zero-order valence-electron chi connectivity index (χ0n) is 18.3. The zero-order chi connectivity index (χ0) is 21.5. The predicted octanol–water partition coefficient (Wildman–Crippen LogP) is 6.57. The molecule has 0 amide bonds. The van der Waals surface area contributed by atoms with Gasteiger partial charge < -0.3 is 4.90 Å². The van der Waals surface area contributed by atoms with Gasteiger partial charge in [-0.15, -0.1) is 11.8 Å². The highest BCUT2D eigenvalue weighted by Crippen LogP contribution is 2.42. The van der Waals surface area contributed by atoms with Crippen LogP contribution in [0.5, 0.6) is 0 Å². The maximum Gasteiger partial charge on any atom is 0.213 e. The number of thiazole rings is 1. The fourth-order valence-electron chi connectivity index (χ4n) is 3.70. The normalized spacial score (nSPS) is 16.4. The number of nitrogens with zero attached hydrogens (tertiary/aromatic N) is 4. The average molecular weight is 445 g/mol. The summed E-state index contributed by atoms with van der Waals surface area (Å²) in [5.41, 5.74) is 3.05. The first kappa shape index (κ1) is 21.4. The van der Waals surface area contributed by atoms with Gasteiger partial charge in [0.1, 0.15) is 10.0 Å². The van der Waals surface area contributed by atoms with Gasteiger partial charge in [0.25, 0.3) is 0 Å². The van der Waals surface area contributed by atoms with Crippen molar-refractivity contribution in [1.82, 2.24) is 14.8 Å². The summed E-state index contributed by atoms with van der Waals surface area (Å²) in [7, 11) is 0. The molecule has 0 spiro atoms. The highest BCUT2D eigenvalue weighted by atomic mass is 32.2. The second-order valence-corrected chi connectivity index (χ2v) is 11.8. The van der Waals surface area contributed by atoms with Crippen molar-refractivity contribution in [1.29, 1.82) is 0 Å². The zero-order valence-corrected chi connectivity index (χ0v) is 19.9. The summed E-state index contributed by atoms with van der Waals surface area (Å²) in [6, 6.07) is 6.67. The summed E-state index contributed by atoms with van der Waals surface area (Å²) in [5.74, 6) is 0.851. The molecule has 1 aliphatic rings. The SMILES string of the molecule is Cc1nn(-c2nc(N3CCC(C)(C)CC3)c(SC(C)C)s2)cc1-c1cccc(F)c1. The fraction of sp³-hybridized carbons (Fsp3) is 0.478. The monoisotopic (exact) mass is 444 g/mol. The van der Waals surface area contributed by atoms with Gasteiger partial charge >= 0.3 is 0 Å². The van der Waals surface area contributed by atoms with Gasteiger partial charge in [-0.1, -0.05) is 51.2 Å². The van der Waals surface area contributed by atoms with Crippen molar-refractivity contribution in [2.75, 3.05) is 18.0 Å². The maximum atomic E-state index is 13.7. The number of aryl methyl sites for hydroxylation is 1. The minimum atomic E-state index is -0.236. The molecule has 4 nitrogen and oxygen atoms in total. The van der Waals surface area contributed by atoms with Gasteiger partial charge in [-0.25, -0.2) is 9.07 Å². The number of hydrogen-bond donors (Lipinski definition) is 0. The van der Waals surface area contributed by atoms with Crippen LogP contribution in [0.4, 0.5) is 10.2 Å². The van der Waals surface area contributed by atoms with Crippen LogP contribution in [-0.2, 0) is 0 Å². The lowest BCUT2D eigenvalue weighted by molar-refractivity contribution is 0.279. The summed E-state index contributed by atoms with van der Waals surface area (Å²) in [5, 5.41) is 6.05. The Morgan fingerprint density at radius 3 is 2.60 bits per heavy atom. The highest BCUT2D eigenvalue weighted by molar-refractivity contribution is 8.01. The number of rotatable bonds is 5. The number of hydrogen-bond acceptors (Lipinski definition) is 5. The van der Waals surface area contributed by atoms with Crippen molar-refractivity contribution in [2.45, 2.75) is 56.9 Å². The molecule has 0 N–H and O–H groups in total. The van der Waals surface area contributed by atoms with E-state index in [4.69, 9.17) is 10.1 Å². The summed E-state index contributed by atoms with van der Waals surface area (Å²) in [6.45, 7) is 13.2. The minimum absolute atomic E-state index is 0.236. The Hall–Kier alpha value is -1.86. The smallest absolute Gasteiger partial charge is 0.213 e. The Kier molecular flexibility index (Phi) is 5.95. The topological polar surface area (TPSA) is 34.0 Å². The standard InChI is InChI=1S/C23H29FN4S2/c1-15(2)29-21-20(27-11-9-23(4,5)10-12-27)25-22(30-21)28-14-19(16(3)26-28)17-7-6-8-18(24)13-17/h6-8,13-15H,9-12H2,1-5H3. The lowest BCUT2D eigenvalue weighted by Gasteiger charge is -2.37. The molecule has 30 heavy (non-hydrogen) atoms. The summed E-state index contributed by atoms with van der Waals surface area (Å²) in [4.78, 5) is 7.45. The molecule has 0 radical (unpaired) electrons. The number of aromatic nitrogens is 3. The van der Waals surface area contributed by atoms with Crippen LogP contribution in [0, 0.1) is 18.2 Å². The third kappa shape index (κ3) is 4.57. The maximum absolute atomic E-state index is 13.7. The van der Waals surface area contributed by atoms with Crippen LogP contribution in [0.2, 0.25) is 0 Å². The highest BCUT2D eigenvalue weighted by Gasteiger charge is 2.29. The number of halogens is 1. The summed E-state index contributed by atoms with van der Waals surface area (Å²) >= 11 is 3.56. The van der Waals surface area contributed by atoms with E-state index in [0.717, 1.165) is 40.9 Å². The molecule has 0 atom stereocenters. The molecular weight excluding hydrogens is 415 g/mol. The second kappa shape index (κ2) is 8.35. The van der Waals surface area contributed by atoms with E-state index in [2.05, 4.69) is 32.6 Å². The summed E-state index contributed by atoms with van der Waals surface area (Å²) < 4.78 is 16.8. The second-order valence-electron chi connectivity index (χ2n) is 9.01. The van der Waals surface area contributed by atoms with E-state index in [9.17, 15) is 4.39 Å². The molecule has 0 aliphatic carbocycles. The predicted molar refractivity (Wildman–Crippen MR) is 126 cm³/mol. The first-order valence-corrected chi connectivity index (χ1v) is 12.2. The van der Waals surface area contributed by atoms with Crippen LogP contribution in [0.25, 0.3) is 16.3 Å². The Labute approximate surface area is 186 Å². The molecule has 0 saturated carbocycles. The van der Waals surface area contributed by atoms with Crippen molar-refractivity contribution in [3.05, 3.63) is 42.0 Å². The Bertz CT molecular complexity index is 1030. The fourth-order valence-corrected chi connectivity index (χ4v) is 6.15. The van der Waals surface area contributed by atoms with Crippen LogP contribution >= 0.6 is 23.1 Å². The molecular formula is C23H29FN4S2. The van der Waals surface area contributed by atoms with Crippen LogP contribution in [0.15, 0.2) is 34.7 Å². The van der Waals surface area contributed by atoms with E-state index in [-0.39, 0.29) is 5.82 Å². The quantitative estimate of drug-likeness (QED) is 0.417. The molecule has 0 bridgehead atoms. The summed E-state index contributed by atoms with van der Waals surface area (Å²) in [6.07, 6.45) is 4.32. The molecule has 3 aromatic rings. The van der Waals surface area contributed by atoms with Gasteiger partial charge in [-0.05, 0) is 42.9 Å². The van der Waals surface area contributed by atoms with Crippen LogP contribution in [0.1, 0.15) is 46.2 Å². The van der Waals surface area contributed by atoms with Crippen molar-refractivity contribution in [2.24, 2.45) is 5.41 Å². The van der Waals surface area contributed by atoms with Crippen molar-refractivity contribution >= 4 is 28.9 Å². The van der Waals surface area contributed by atoms with Crippen molar-refractivity contribution in [3.8, 4) is 16.3 Å². The van der Waals surface area contributed by atoms with E-state index >= 15 is 0 Å². The third-order valence-electron chi connectivity index (χ3n) is 5.56. The average Bonchev–Trinajstić information content (AvgIpc) is 3.25. The molecule has 4 rings (SSSR count). The number of anilines is 1. The molecule has 160 valence electrons. The lowest BCUT2D eigenvalue weighted by atomic mass is 9.83. The lowest BCUT2D eigenvalue weighted by Crippen LogP contribution is -2.37. The van der Waals surface area contributed by atoms with E-state index in [0.29, 0.717) is 10.7 Å². The van der Waals surface area contributed by atoms with E-state index in [1.165, 1.54) is 23.1 Å². The Morgan fingerprint density at radius 2 is 1.93 bits per heavy atom. The van der Waals surface area contributed by atoms with Crippen LogP contribution < -0.4 is 4.90 Å². The van der Waals surface area contributed by atoms with E-state index in [1.54, 1.807) is 23.5 Å². The molecule has 1 aromatic carbocycles. The molecule has 1 saturated heterocycles. The van der Waals surface area contributed by atoms with Crippen molar-refractivity contribution < 1.29 is 4.39 Å². The van der Waals surface area contributed by atoms with Crippen LogP contribution in [0.3, 0.4) is 0 Å². The van der Waals surface area contributed by atoms with Crippen LogP contribution in [-0.4, -0.2) is 33.1 Å². The Balaban J connectivity index is 1.68. The van der Waals surface area contributed by atoms with Gasteiger partial charge in [-0.2, -0.15) is 10.1 Å². The molecule has 2 aromatic heterocycles. The molecule has 1 fully saturated rings.